The zero-order valence-electron chi connectivity index (χ0n) is 7.74. The van der Waals surface area contributed by atoms with Gasteiger partial charge >= 0.3 is 0 Å². The van der Waals surface area contributed by atoms with Crippen LogP contribution in [0.25, 0.3) is 0 Å². The average Bonchev–Trinajstić information content (AvgIpc) is 2.47. The predicted molar refractivity (Wildman–Crippen MR) is 54.8 cm³/mol. The van der Waals surface area contributed by atoms with E-state index in [2.05, 4.69) is 27.4 Å². The van der Waals surface area contributed by atoms with E-state index in [1.54, 1.807) is 0 Å². The fourth-order valence-corrected chi connectivity index (χ4v) is 1.67. The highest BCUT2D eigenvalue weighted by molar-refractivity contribution is 5.73. The summed E-state index contributed by atoms with van der Waals surface area (Å²) in [5.41, 5.74) is 1.39. The largest absolute Gasteiger partial charge is 0.372 e. The van der Waals surface area contributed by atoms with Gasteiger partial charge in [-0.2, -0.15) is 0 Å². The van der Waals surface area contributed by atoms with Crippen molar-refractivity contribution >= 4 is 6.21 Å². The Hall–Kier alpha value is -1.09. The first-order valence-corrected chi connectivity index (χ1v) is 4.80. The van der Waals surface area contributed by atoms with Crippen molar-refractivity contribution in [3.8, 4) is 0 Å². The van der Waals surface area contributed by atoms with Crippen molar-refractivity contribution in [3.63, 3.8) is 0 Å². The first-order chi connectivity index (χ1) is 6.47. The number of piperazine rings is 1. The molecule has 3 nitrogen and oxygen atoms in total. The standard InChI is InChI=1S/C10H15N3/c1-2-10(3-5-11-4-1)13-8-6-12-7-9-13/h1,3-5,12H,2,6-9H2. The monoisotopic (exact) mass is 177 g/mol. The van der Waals surface area contributed by atoms with Crippen LogP contribution in [0, 0.1) is 0 Å². The lowest BCUT2D eigenvalue weighted by atomic mass is 10.2. The Morgan fingerprint density at radius 3 is 3.00 bits per heavy atom. The molecular formula is C10H15N3. The van der Waals surface area contributed by atoms with Crippen LogP contribution in [0.3, 0.4) is 0 Å². The van der Waals surface area contributed by atoms with E-state index in [-0.39, 0.29) is 0 Å². The molecule has 0 atom stereocenters. The molecule has 0 aromatic rings. The summed E-state index contributed by atoms with van der Waals surface area (Å²) in [5.74, 6) is 0. The summed E-state index contributed by atoms with van der Waals surface area (Å²) in [6.07, 6.45) is 8.98. The Morgan fingerprint density at radius 2 is 2.15 bits per heavy atom. The van der Waals surface area contributed by atoms with Gasteiger partial charge in [-0.3, -0.25) is 4.99 Å². The summed E-state index contributed by atoms with van der Waals surface area (Å²) >= 11 is 0. The molecule has 0 bridgehead atoms. The molecule has 13 heavy (non-hydrogen) atoms. The number of hydrogen-bond acceptors (Lipinski definition) is 3. The average molecular weight is 177 g/mol. The third-order valence-electron chi connectivity index (χ3n) is 2.39. The fourth-order valence-electron chi connectivity index (χ4n) is 1.67. The minimum atomic E-state index is 1.01. The first-order valence-electron chi connectivity index (χ1n) is 4.80. The van der Waals surface area contributed by atoms with Gasteiger partial charge in [-0.25, -0.2) is 0 Å². The highest BCUT2D eigenvalue weighted by atomic mass is 15.2. The molecule has 0 spiro atoms. The molecule has 3 heteroatoms. The zero-order chi connectivity index (χ0) is 8.93. The van der Waals surface area contributed by atoms with E-state index in [9.17, 15) is 0 Å². The van der Waals surface area contributed by atoms with Gasteiger partial charge in [0.2, 0.25) is 0 Å². The lowest BCUT2D eigenvalue weighted by molar-refractivity contribution is 0.295. The quantitative estimate of drug-likeness (QED) is 0.640. The molecule has 0 amide bonds. The normalized spacial score (nSPS) is 22.8. The Bertz CT molecular complexity index is 247. The molecule has 0 aromatic heterocycles. The summed E-state index contributed by atoms with van der Waals surface area (Å²) in [7, 11) is 0. The topological polar surface area (TPSA) is 27.6 Å². The number of hydrogen-bond donors (Lipinski definition) is 1. The molecule has 2 aliphatic rings. The van der Waals surface area contributed by atoms with Crippen molar-refractivity contribution in [2.24, 2.45) is 4.99 Å². The van der Waals surface area contributed by atoms with Crippen molar-refractivity contribution in [1.29, 1.82) is 0 Å². The molecule has 70 valence electrons. The maximum atomic E-state index is 4.09. The Labute approximate surface area is 78.8 Å². The van der Waals surface area contributed by atoms with E-state index in [1.165, 1.54) is 5.70 Å². The van der Waals surface area contributed by atoms with Crippen molar-refractivity contribution in [2.75, 3.05) is 26.2 Å². The van der Waals surface area contributed by atoms with Crippen LogP contribution in [-0.4, -0.2) is 37.3 Å². The smallest absolute Gasteiger partial charge is 0.0300 e. The van der Waals surface area contributed by atoms with E-state index in [0.717, 1.165) is 32.6 Å². The van der Waals surface area contributed by atoms with Crippen LogP contribution in [0.4, 0.5) is 0 Å². The summed E-state index contributed by atoms with van der Waals surface area (Å²) in [6, 6.07) is 0. The third kappa shape index (κ3) is 2.18. The molecule has 0 aromatic carbocycles. The molecular weight excluding hydrogens is 162 g/mol. The van der Waals surface area contributed by atoms with Crippen LogP contribution >= 0.6 is 0 Å². The summed E-state index contributed by atoms with van der Waals surface area (Å²) in [4.78, 5) is 6.52. The Balaban J connectivity index is 2.01. The number of nitrogens with one attached hydrogen (secondary N) is 1. The summed E-state index contributed by atoms with van der Waals surface area (Å²) in [5, 5.41) is 3.35. The molecule has 1 saturated heterocycles. The van der Waals surface area contributed by atoms with Gasteiger partial charge in [-0.15, -0.1) is 0 Å². The van der Waals surface area contributed by atoms with Crippen molar-refractivity contribution in [1.82, 2.24) is 10.2 Å². The van der Waals surface area contributed by atoms with Crippen molar-refractivity contribution in [3.05, 3.63) is 24.0 Å². The molecule has 1 fully saturated rings. The second kappa shape index (κ2) is 4.23. The lowest BCUT2D eigenvalue weighted by Gasteiger charge is -2.30. The minimum absolute atomic E-state index is 1.01. The maximum Gasteiger partial charge on any atom is 0.0300 e. The third-order valence-corrected chi connectivity index (χ3v) is 2.39. The van der Waals surface area contributed by atoms with Crippen LogP contribution in [-0.2, 0) is 0 Å². The highest BCUT2D eigenvalue weighted by Gasteiger charge is 2.11. The second-order valence-corrected chi connectivity index (χ2v) is 3.28. The van der Waals surface area contributed by atoms with Crippen molar-refractivity contribution < 1.29 is 0 Å². The highest BCUT2D eigenvalue weighted by Crippen LogP contribution is 2.11. The second-order valence-electron chi connectivity index (χ2n) is 3.28. The van der Waals surface area contributed by atoms with Crippen LogP contribution in [0.2, 0.25) is 0 Å². The Morgan fingerprint density at radius 1 is 1.31 bits per heavy atom. The molecule has 0 radical (unpaired) electrons. The van der Waals surface area contributed by atoms with Gasteiger partial charge < -0.3 is 10.2 Å². The van der Waals surface area contributed by atoms with Crippen LogP contribution in [0.15, 0.2) is 29.0 Å². The molecule has 0 unspecified atom stereocenters. The van der Waals surface area contributed by atoms with Crippen LogP contribution < -0.4 is 5.32 Å². The zero-order valence-corrected chi connectivity index (χ0v) is 7.74. The van der Waals surface area contributed by atoms with E-state index >= 15 is 0 Å². The lowest BCUT2D eigenvalue weighted by Crippen LogP contribution is -2.42. The number of allylic oxidation sites excluding steroid dienone is 2. The van der Waals surface area contributed by atoms with Gasteiger partial charge in [-0.05, 0) is 6.08 Å². The number of nitrogens with zero attached hydrogens (tertiary/aromatic N) is 2. The fraction of sp³-hybridized carbons (Fsp3) is 0.500. The van der Waals surface area contributed by atoms with Gasteiger partial charge in [0.1, 0.15) is 0 Å². The van der Waals surface area contributed by atoms with E-state index in [0.29, 0.717) is 0 Å². The molecule has 2 rings (SSSR count). The molecule has 0 aliphatic carbocycles. The molecule has 2 aliphatic heterocycles. The minimum Gasteiger partial charge on any atom is -0.372 e. The number of rotatable bonds is 1. The van der Waals surface area contributed by atoms with Gasteiger partial charge in [0.05, 0.1) is 0 Å². The van der Waals surface area contributed by atoms with E-state index < -0.39 is 0 Å². The van der Waals surface area contributed by atoms with Gasteiger partial charge in [0.15, 0.2) is 0 Å². The van der Waals surface area contributed by atoms with E-state index in [4.69, 9.17) is 0 Å². The molecule has 1 N–H and O–H groups in total. The van der Waals surface area contributed by atoms with Gasteiger partial charge in [0.25, 0.3) is 0 Å². The van der Waals surface area contributed by atoms with Gasteiger partial charge in [0, 0.05) is 50.7 Å². The predicted octanol–water partition coefficient (Wildman–Crippen LogP) is 0.764. The number of aliphatic imine (C=N–C) groups is 1. The summed E-state index contributed by atoms with van der Waals surface area (Å²) in [6.45, 7) is 4.43. The van der Waals surface area contributed by atoms with Gasteiger partial charge in [-0.1, -0.05) is 6.08 Å². The van der Waals surface area contributed by atoms with Crippen molar-refractivity contribution in [2.45, 2.75) is 6.42 Å². The maximum absolute atomic E-state index is 4.09. The molecule has 0 saturated carbocycles. The first kappa shape index (κ1) is 8.51. The van der Waals surface area contributed by atoms with Crippen LogP contribution in [0.1, 0.15) is 6.42 Å². The Kier molecular flexibility index (Phi) is 2.77. The van der Waals surface area contributed by atoms with E-state index in [1.807, 2.05) is 12.4 Å². The summed E-state index contributed by atoms with van der Waals surface area (Å²) < 4.78 is 0. The van der Waals surface area contributed by atoms with Crippen LogP contribution in [0.5, 0.6) is 0 Å². The SMILES string of the molecule is C1=CN=CC=C(N2CCNCC2)C1. The molecule has 2 heterocycles.